The van der Waals surface area contributed by atoms with E-state index >= 15 is 0 Å². The van der Waals surface area contributed by atoms with Crippen molar-refractivity contribution in [2.75, 3.05) is 13.2 Å². The predicted octanol–water partition coefficient (Wildman–Crippen LogP) is 1.89. The summed E-state index contributed by atoms with van der Waals surface area (Å²) in [5, 5.41) is 20.7. The zero-order valence-corrected chi connectivity index (χ0v) is 29.6. The van der Waals surface area contributed by atoms with E-state index in [1.54, 1.807) is 13.8 Å². The van der Waals surface area contributed by atoms with E-state index in [0.717, 1.165) is 12.1 Å². The van der Waals surface area contributed by atoms with Crippen LogP contribution in [0.1, 0.15) is 82.9 Å². The summed E-state index contributed by atoms with van der Waals surface area (Å²) in [7, 11) is 0. The largest absolute Gasteiger partial charge is 0.465 e. The van der Waals surface area contributed by atoms with Gasteiger partial charge in [0.15, 0.2) is 5.92 Å². The number of hydrogen-bond donors (Lipinski definition) is 0. The average Bonchev–Trinajstić information content (AvgIpc) is 3.67. The number of esters is 2. The molecular formula is C39H28N4O13. The Kier molecular flexibility index (Phi) is 10.7. The van der Waals surface area contributed by atoms with Gasteiger partial charge >= 0.3 is 23.9 Å². The minimum Gasteiger partial charge on any atom is -0.465 e. The smallest absolute Gasteiger partial charge is 0.364 e. The minimum atomic E-state index is -1.39. The molecule has 1 unspecified atom stereocenters. The van der Waals surface area contributed by atoms with E-state index in [1.807, 2.05) is 12.1 Å². The van der Waals surface area contributed by atoms with E-state index in [2.05, 4.69) is 0 Å². The molecule has 6 rings (SSSR count). The third-order valence-electron chi connectivity index (χ3n) is 8.72. The lowest BCUT2D eigenvalue weighted by atomic mass is 9.87. The van der Waals surface area contributed by atoms with Crippen molar-refractivity contribution >= 4 is 58.7 Å². The molecule has 17 heteroatoms. The Morgan fingerprint density at radius 3 is 1.95 bits per heavy atom. The first-order valence-electron chi connectivity index (χ1n) is 17.1. The van der Waals surface area contributed by atoms with E-state index in [9.17, 15) is 48.9 Å². The van der Waals surface area contributed by atoms with Gasteiger partial charge in [-0.3, -0.25) is 24.0 Å². The number of nitriles is 2. The number of fused-ring (bicyclic) bond motifs is 2. The van der Waals surface area contributed by atoms with Crippen molar-refractivity contribution in [3.8, 4) is 23.6 Å². The lowest BCUT2D eigenvalue weighted by Crippen LogP contribution is -2.33. The Balaban J connectivity index is 1.61. The highest BCUT2D eigenvalue weighted by Crippen LogP contribution is 2.39. The van der Waals surface area contributed by atoms with Crippen molar-refractivity contribution in [2.24, 2.45) is 0 Å². The van der Waals surface area contributed by atoms with Crippen molar-refractivity contribution in [2.45, 2.75) is 45.4 Å². The van der Waals surface area contributed by atoms with Gasteiger partial charge in [0.05, 0.1) is 30.4 Å². The van der Waals surface area contributed by atoms with Gasteiger partial charge in [0.2, 0.25) is 0 Å². The number of benzene rings is 3. The summed E-state index contributed by atoms with van der Waals surface area (Å²) < 4.78 is 16.4. The van der Waals surface area contributed by atoms with Gasteiger partial charge in [0.1, 0.15) is 23.1 Å². The Labute approximate surface area is 316 Å². The fourth-order valence-electron chi connectivity index (χ4n) is 6.09. The standard InChI is InChI=1S/C39H28N4O13/c1-3-52-37(49)27(18-40)20-5-9-24-29(16-20)54-30-17-21(28(19-41)38(50)53-4-2)6-10-25(30)35(24)26-15-22(36(48)55-42-31(44)11-12-32(42)45)7-8-23(26)39(51)56-43-33(46)13-14-34(43)47/h5-10,15-17,27H,3-4,11-14H2,1-2H3/b28-21+. The second-order valence-electron chi connectivity index (χ2n) is 12.1. The lowest BCUT2D eigenvalue weighted by Gasteiger charge is -2.24. The summed E-state index contributed by atoms with van der Waals surface area (Å²) in [5.41, 5.74) is -0.474. The van der Waals surface area contributed by atoms with E-state index in [-0.39, 0.29) is 99.8 Å². The molecule has 2 saturated heterocycles. The quantitative estimate of drug-likeness (QED) is 0.166. The molecule has 0 spiro atoms. The van der Waals surface area contributed by atoms with Crippen molar-refractivity contribution in [3.63, 3.8) is 0 Å². The maximum Gasteiger partial charge on any atom is 0.364 e. The van der Waals surface area contributed by atoms with Crippen LogP contribution in [0, 0.1) is 22.7 Å². The fraction of sp³-hybridized carbons (Fsp3) is 0.231. The Bertz CT molecular complexity index is 2460. The van der Waals surface area contributed by atoms with Gasteiger partial charge in [0, 0.05) is 47.3 Å². The number of hydroxylamine groups is 4. The van der Waals surface area contributed by atoms with Crippen LogP contribution >= 0.6 is 0 Å². The number of hydrogen-bond acceptors (Lipinski definition) is 15. The van der Waals surface area contributed by atoms with Crippen LogP contribution in [-0.2, 0) is 47.9 Å². The van der Waals surface area contributed by atoms with Crippen LogP contribution in [0.4, 0.5) is 0 Å². The van der Waals surface area contributed by atoms with Gasteiger partial charge in [-0.05, 0) is 61.4 Å². The van der Waals surface area contributed by atoms with Crippen LogP contribution in [0.3, 0.4) is 0 Å². The minimum absolute atomic E-state index is 0.00290. The molecule has 282 valence electrons. The molecule has 0 bridgehead atoms. The summed E-state index contributed by atoms with van der Waals surface area (Å²) in [5.74, 6) is -8.51. The molecule has 0 saturated carbocycles. The summed E-state index contributed by atoms with van der Waals surface area (Å²) in [6.45, 7) is 3.11. The van der Waals surface area contributed by atoms with Crippen LogP contribution in [-0.4, -0.2) is 70.8 Å². The van der Waals surface area contributed by atoms with Gasteiger partial charge < -0.3 is 23.9 Å². The summed E-state index contributed by atoms with van der Waals surface area (Å²) in [6.07, 6.45) is -0.730. The number of imide groups is 2. The van der Waals surface area contributed by atoms with Gasteiger partial charge in [-0.15, -0.1) is 10.1 Å². The maximum atomic E-state index is 13.9. The molecule has 3 aromatic rings. The van der Waals surface area contributed by atoms with E-state index in [1.165, 1.54) is 42.5 Å². The summed E-state index contributed by atoms with van der Waals surface area (Å²) in [4.78, 5) is 112. The van der Waals surface area contributed by atoms with Crippen LogP contribution in [0.25, 0.3) is 11.1 Å². The molecular weight excluding hydrogens is 732 g/mol. The highest BCUT2D eigenvalue weighted by atomic mass is 16.7. The highest BCUT2D eigenvalue weighted by molar-refractivity contribution is 6.15. The van der Waals surface area contributed by atoms with Crippen molar-refractivity contribution < 1.29 is 62.2 Å². The lowest BCUT2D eigenvalue weighted by molar-refractivity contribution is -0.173. The zero-order valence-electron chi connectivity index (χ0n) is 29.6. The highest BCUT2D eigenvalue weighted by Gasteiger charge is 2.36. The number of carbonyl (C=O) groups is 8. The maximum absolute atomic E-state index is 13.9. The van der Waals surface area contributed by atoms with E-state index < -0.39 is 53.4 Å². The second-order valence-corrected chi connectivity index (χ2v) is 12.1. The molecule has 3 aromatic carbocycles. The van der Waals surface area contributed by atoms with Crippen molar-refractivity contribution in [1.29, 1.82) is 10.5 Å². The number of carbonyl (C=O) groups excluding carboxylic acids is 8. The van der Waals surface area contributed by atoms with Crippen LogP contribution < -0.4 is 15.2 Å². The average molecular weight is 761 g/mol. The first-order chi connectivity index (χ1) is 26.9. The third-order valence-corrected chi connectivity index (χ3v) is 8.72. The number of nitrogens with zero attached hydrogens (tertiary/aromatic N) is 4. The van der Waals surface area contributed by atoms with Gasteiger partial charge in [-0.2, -0.15) is 10.5 Å². The van der Waals surface area contributed by atoms with E-state index in [0.29, 0.717) is 10.1 Å². The molecule has 4 amide bonds. The zero-order chi connectivity index (χ0) is 40.3. The Morgan fingerprint density at radius 1 is 0.732 bits per heavy atom. The monoisotopic (exact) mass is 760 g/mol. The first kappa shape index (κ1) is 38.1. The molecule has 3 aliphatic heterocycles. The van der Waals surface area contributed by atoms with Gasteiger partial charge in [-0.25, -0.2) is 14.4 Å². The molecule has 3 aliphatic rings. The molecule has 2 fully saturated rings. The van der Waals surface area contributed by atoms with Gasteiger partial charge in [-0.1, -0.05) is 18.2 Å². The third kappa shape index (κ3) is 7.16. The molecule has 3 heterocycles. The number of amides is 4. The van der Waals surface area contributed by atoms with E-state index in [4.69, 9.17) is 23.9 Å². The number of rotatable bonds is 10. The molecule has 0 aromatic heterocycles. The van der Waals surface area contributed by atoms with Crippen LogP contribution in [0.15, 0.2) is 54.6 Å². The van der Waals surface area contributed by atoms with Crippen molar-refractivity contribution in [3.05, 3.63) is 92.9 Å². The molecule has 0 radical (unpaired) electrons. The molecule has 17 nitrogen and oxygen atoms in total. The summed E-state index contributed by atoms with van der Waals surface area (Å²) >= 11 is 0. The SMILES string of the molecule is CCOC(=O)/C(C#N)=c1\ccc2c(c1)Oc1cc(C(C#N)C(=O)OCC)ccc1C=2c1cc(C(=O)ON2C(=O)CCC2=O)ccc1C(=O)ON1C(=O)CCC1=O. The first-order valence-corrected chi connectivity index (χ1v) is 17.1. The van der Waals surface area contributed by atoms with Crippen LogP contribution in [0.5, 0.6) is 11.5 Å². The Hall–Kier alpha value is -7.66. The molecule has 56 heavy (non-hydrogen) atoms. The molecule has 0 N–H and O–H groups in total. The summed E-state index contributed by atoms with van der Waals surface area (Å²) in [6, 6.07) is 15.7. The van der Waals surface area contributed by atoms with Crippen molar-refractivity contribution in [1.82, 2.24) is 10.1 Å². The molecule has 1 atom stereocenters. The number of ether oxygens (including phenoxy) is 3. The van der Waals surface area contributed by atoms with Crippen LogP contribution in [0.2, 0.25) is 0 Å². The molecule has 0 aliphatic carbocycles. The van der Waals surface area contributed by atoms with Gasteiger partial charge in [0.25, 0.3) is 23.6 Å². The Morgan fingerprint density at radius 2 is 1.36 bits per heavy atom. The fourth-order valence-corrected chi connectivity index (χ4v) is 6.09. The topological polar surface area (TPSA) is 237 Å². The predicted molar refractivity (Wildman–Crippen MR) is 184 cm³/mol. The second kappa shape index (κ2) is 15.7. The normalized spacial score (nSPS) is 15.5.